The number of amides is 1. The largest absolute Gasteiger partial charge is 0.444 e. The van der Waals surface area contributed by atoms with Gasteiger partial charge in [0.2, 0.25) is 0 Å². The maximum atomic E-state index is 14.7. The molecule has 2 aliphatic rings. The summed E-state index contributed by atoms with van der Waals surface area (Å²) in [6.07, 6.45) is -1.44. The second kappa shape index (κ2) is 8.34. The number of hydrogen-bond donors (Lipinski definition) is 1. The SMILES string of the molecule is N#CC=C1CCN(c2ccc(N3CC(CCS(=O)(=O)O)OC3=O)cc2F)CC1F. The number of benzene rings is 1. The van der Waals surface area contributed by atoms with Gasteiger partial charge in [0, 0.05) is 19.0 Å². The minimum Gasteiger partial charge on any atom is -0.444 e. The van der Waals surface area contributed by atoms with Crippen LogP contribution in [0.5, 0.6) is 0 Å². The van der Waals surface area contributed by atoms with Crippen LogP contribution < -0.4 is 9.80 Å². The Morgan fingerprint density at radius 1 is 1.38 bits per heavy atom. The van der Waals surface area contributed by atoms with Crippen molar-refractivity contribution >= 4 is 27.6 Å². The number of allylic oxidation sites excluding steroid dienone is 1. The van der Waals surface area contributed by atoms with Gasteiger partial charge in [0.25, 0.3) is 10.1 Å². The maximum Gasteiger partial charge on any atom is 0.414 e. The summed E-state index contributed by atoms with van der Waals surface area (Å²) in [5.41, 5.74) is 0.795. The van der Waals surface area contributed by atoms with Crippen molar-refractivity contribution in [2.24, 2.45) is 0 Å². The second-order valence-corrected chi connectivity index (χ2v) is 8.41. The highest BCUT2D eigenvalue weighted by atomic mass is 32.2. The monoisotopic (exact) mass is 427 g/mol. The molecule has 2 atom stereocenters. The average molecular weight is 427 g/mol. The number of rotatable bonds is 5. The molecular formula is C18H19F2N3O5S. The molecule has 8 nitrogen and oxygen atoms in total. The predicted octanol–water partition coefficient (Wildman–Crippen LogP) is 2.43. The van der Waals surface area contributed by atoms with Crippen molar-refractivity contribution in [2.45, 2.75) is 25.1 Å². The van der Waals surface area contributed by atoms with Gasteiger partial charge in [-0.2, -0.15) is 13.7 Å². The van der Waals surface area contributed by atoms with Crippen LogP contribution in [0.2, 0.25) is 0 Å². The van der Waals surface area contributed by atoms with Crippen molar-refractivity contribution in [2.75, 3.05) is 35.2 Å². The van der Waals surface area contributed by atoms with Crippen molar-refractivity contribution in [3.63, 3.8) is 0 Å². The summed E-state index contributed by atoms with van der Waals surface area (Å²) in [5, 5.41) is 8.66. The zero-order chi connectivity index (χ0) is 21.2. The molecule has 0 spiro atoms. The Hall–Kier alpha value is -2.71. The number of piperidine rings is 1. The van der Waals surface area contributed by atoms with Gasteiger partial charge in [-0.1, -0.05) is 0 Å². The quantitative estimate of drug-likeness (QED) is 0.567. The Bertz CT molecular complexity index is 976. The highest BCUT2D eigenvalue weighted by Crippen LogP contribution is 2.31. The lowest BCUT2D eigenvalue weighted by molar-refractivity contribution is 0.139. The van der Waals surface area contributed by atoms with Crippen LogP contribution >= 0.6 is 0 Å². The molecule has 1 aromatic rings. The Kier molecular flexibility index (Phi) is 6.04. The Balaban J connectivity index is 1.69. The highest BCUT2D eigenvalue weighted by molar-refractivity contribution is 7.85. The van der Waals surface area contributed by atoms with E-state index in [2.05, 4.69) is 0 Å². The number of carbonyl (C=O) groups is 1. The number of carbonyl (C=O) groups excluding carboxylic acids is 1. The molecule has 1 N–H and O–H groups in total. The average Bonchev–Trinajstić information content (AvgIpc) is 3.02. The summed E-state index contributed by atoms with van der Waals surface area (Å²) in [4.78, 5) is 14.7. The molecule has 2 aliphatic heterocycles. The molecule has 0 aliphatic carbocycles. The van der Waals surface area contributed by atoms with Crippen molar-refractivity contribution in [1.29, 1.82) is 5.26 Å². The molecule has 0 radical (unpaired) electrons. The third kappa shape index (κ3) is 5.02. The topological polar surface area (TPSA) is 111 Å². The third-order valence-corrected chi connectivity index (χ3v) is 5.61. The lowest BCUT2D eigenvalue weighted by Gasteiger charge is -2.32. The van der Waals surface area contributed by atoms with Crippen LogP contribution in [0.1, 0.15) is 12.8 Å². The van der Waals surface area contributed by atoms with E-state index < -0.39 is 40.1 Å². The molecule has 2 saturated heterocycles. The van der Waals surface area contributed by atoms with E-state index in [9.17, 15) is 22.0 Å². The minimum atomic E-state index is -4.18. The zero-order valence-corrected chi connectivity index (χ0v) is 16.1. The fourth-order valence-electron chi connectivity index (χ4n) is 3.37. The first-order valence-electron chi connectivity index (χ1n) is 8.88. The number of halogens is 2. The van der Waals surface area contributed by atoms with Gasteiger partial charge in [-0.15, -0.1) is 0 Å². The number of nitrogens with zero attached hydrogens (tertiary/aromatic N) is 3. The van der Waals surface area contributed by atoms with E-state index in [1.165, 1.54) is 28.0 Å². The summed E-state index contributed by atoms with van der Waals surface area (Å²) >= 11 is 0. The van der Waals surface area contributed by atoms with Crippen LogP contribution in [-0.2, 0) is 14.9 Å². The van der Waals surface area contributed by atoms with E-state index in [1.807, 2.05) is 0 Å². The van der Waals surface area contributed by atoms with Gasteiger partial charge < -0.3 is 9.64 Å². The minimum absolute atomic E-state index is 0.0196. The Morgan fingerprint density at radius 2 is 2.14 bits per heavy atom. The lowest BCUT2D eigenvalue weighted by atomic mass is 10.0. The number of ether oxygens (including phenoxy) is 1. The second-order valence-electron chi connectivity index (χ2n) is 6.84. The van der Waals surface area contributed by atoms with E-state index >= 15 is 0 Å². The van der Waals surface area contributed by atoms with E-state index in [-0.39, 0.29) is 30.9 Å². The van der Waals surface area contributed by atoms with Gasteiger partial charge in [0.15, 0.2) is 0 Å². The molecule has 0 aromatic heterocycles. The van der Waals surface area contributed by atoms with Gasteiger partial charge in [-0.3, -0.25) is 9.45 Å². The van der Waals surface area contributed by atoms with Crippen LogP contribution in [0.4, 0.5) is 25.0 Å². The molecule has 2 heterocycles. The summed E-state index contributed by atoms with van der Waals surface area (Å²) in [6.45, 7) is 0.298. The molecule has 156 valence electrons. The first-order chi connectivity index (χ1) is 13.7. The first kappa shape index (κ1) is 21.0. The lowest BCUT2D eigenvalue weighted by Crippen LogP contribution is -2.38. The molecule has 3 rings (SSSR count). The van der Waals surface area contributed by atoms with Crippen LogP contribution in [-0.4, -0.2) is 56.7 Å². The number of nitriles is 1. The number of alkyl halides is 1. The maximum absolute atomic E-state index is 14.7. The van der Waals surface area contributed by atoms with Crippen LogP contribution in [0, 0.1) is 17.1 Å². The van der Waals surface area contributed by atoms with Gasteiger partial charge >= 0.3 is 6.09 Å². The molecule has 0 bridgehead atoms. The molecule has 29 heavy (non-hydrogen) atoms. The van der Waals surface area contributed by atoms with Crippen molar-refractivity contribution < 1.29 is 31.3 Å². The van der Waals surface area contributed by atoms with E-state index in [1.54, 1.807) is 6.07 Å². The fraction of sp³-hybridized carbons (Fsp3) is 0.444. The van der Waals surface area contributed by atoms with Crippen LogP contribution in [0.3, 0.4) is 0 Å². The molecular weight excluding hydrogens is 408 g/mol. The van der Waals surface area contributed by atoms with Gasteiger partial charge in [0.1, 0.15) is 18.1 Å². The Labute approximate surface area is 166 Å². The highest BCUT2D eigenvalue weighted by Gasteiger charge is 2.34. The normalized spacial score (nSPS) is 23.9. The van der Waals surface area contributed by atoms with Gasteiger partial charge in [-0.25, -0.2) is 13.6 Å². The molecule has 1 amide bonds. The zero-order valence-electron chi connectivity index (χ0n) is 15.3. The number of cyclic esters (lactones) is 1. The van der Waals surface area contributed by atoms with E-state index in [0.29, 0.717) is 18.5 Å². The molecule has 0 saturated carbocycles. The summed E-state index contributed by atoms with van der Waals surface area (Å²) in [5.74, 6) is -1.19. The Morgan fingerprint density at radius 3 is 2.76 bits per heavy atom. The van der Waals surface area contributed by atoms with Crippen molar-refractivity contribution in [3.8, 4) is 6.07 Å². The van der Waals surface area contributed by atoms with Gasteiger partial charge in [0.05, 0.1) is 36.3 Å². The summed E-state index contributed by atoms with van der Waals surface area (Å²) in [7, 11) is -4.18. The van der Waals surface area contributed by atoms with E-state index in [4.69, 9.17) is 14.6 Å². The first-order valence-corrected chi connectivity index (χ1v) is 10.5. The van der Waals surface area contributed by atoms with Crippen LogP contribution in [0.25, 0.3) is 0 Å². The molecule has 2 unspecified atom stereocenters. The summed E-state index contributed by atoms with van der Waals surface area (Å²) < 4.78 is 64.4. The molecule has 11 heteroatoms. The standard InChI is InChI=1S/C18H19F2N3O5S/c19-15-9-13(23-10-14(28-18(23)24)5-8-29(25,26)27)1-2-17(15)22-7-4-12(3-6-21)16(20)11-22/h1-3,9,14,16H,4-5,7-8,10-11H2,(H,25,26,27). The summed E-state index contributed by atoms with van der Waals surface area (Å²) in [6, 6.07) is 5.88. The number of hydrogen-bond acceptors (Lipinski definition) is 6. The van der Waals surface area contributed by atoms with Crippen LogP contribution in [0.15, 0.2) is 29.8 Å². The van der Waals surface area contributed by atoms with Gasteiger partial charge in [-0.05, 0) is 30.2 Å². The van der Waals surface area contributed by atoms with Crippen molar-refractivity contribution in [1.82, 2.24) is 0 Å². The number of anilines is 2. The molecule has 1 aromatic carbocycles. The predicted molar refractivity (Wildman–Crippen MR) is 100 cm³/mol. The van der Waals surface area contributed by atoms with Crippen molar-refractivity contribution in [3.05, 3.63) is 35.7 Å². The molecule has 2 fully saturated rings. The smallest absolute Gasteiger partial charge is 0.414 e. The third-order valence-electron chi connectivity index (χ3n) is 4.86. The fourth-order valence-corrected chi connectivity index (χ4v) is 3.93. The van der Waals surface area contributed by atoms with E-state index in [0.717, 1.165) is 6.07 Å².